The van der Waals surface area contributed by atoms with E-state index in [9.17, 15) is 9.90 Å². The van der Waals surface area contributed by atoms with Crippen molar-refractivity contribution >= 4 is 11.7 Å². The Hall–Kier alpha value is -2.22. The molecule has 0 atom stereocenters. The summed E-state index contributed by atoms with van der Waals surface area (Å²) >= 11 is 0. The highest BCUT2D eigenvalue weighted by Crippen LogP contribution is 2.30. The van der Waals surface area contributed by atoms with Gasteiger partial charge >= 0.3 is 5.97 Å². The number of aromatic hydroxyl groups is 1. The first-order valence-electron chi connectivity index (χ1n) is 4.72. The minimum absolute atomic E-state index is 0.0369. The van der Waals surface area contributed by atoms with E-state index in [0.717, 1.165) is 0 Å². The van der Waals surface area contributed by atoms with Crippen LogP contribution in [0.4, 0.5) is 5.69 Å². The van der Waals surface area contributed by atoms with Crippen molar-refractivity contribution < 1.29 is 14.6 Å². The van der Waals surface area contributed by atoms with Crippen LogP contribution in [0, 0.1) is 18.3 Å². The Morgan fingerprint density at radius 2 is 2.31 bits per heavy atom. The predicted octanol–water partition coefficient (Wildman–Crippen LogP) is 1.33. The normalized spacial score (nSPS) is 9.56. The first-order valence-corrected chi connectivity index (χ1v) is 4.72. The summed E-state index contributed by atoms with van der Waals surface area (Å²) in [6, 6.07) is 3.09. The van der Waals surface area contributed by atoms with Crippen molar-refractivity contribution in [2.24, 2.45) is 0 Å². The molecule has 1 rings (SSSR count). The van der Waals surface area contributed by atoms with E-state index < -0.39 is 5.97 Å². The van der Waals surface area contributed by atoms with Crippen LogP contribution < -0.4 is 5.73 Å². The molecule has 0 amide bonds. The van der Waals surface area contributed by atoms with Gasteiger partial charge in [-0.1, -0.05) is 0 Å². The Labute approximate surface area is 93.1 Å². The van der Waals surface area contributed by atoms with E-state index in [2.05, 4.69) is 0 Å². The summed E-state index contributed by atoms with van der Waals surface area (Å²) in [6.07, 6.45) is 0. The lowest BCUT2D eigenvalue weighted by molar-refractivity contribution is 0.0523. The zero-order valence-corrected chi connectivity index (χ0v) is 9.07. The first-order chi connectivity index (χ1) is 7.52. The minimum Gasteiger partial charge on any atom is -0.507 e. The molecule has 3 N–H and O–H groups in total. The summed E-state index contributed by atoms with van der Waals surface area (Å²) in [7, 11) is 0. The molecule has 16 heavy (non-hydrogen) atoms. The summed E-state index contributed by atoms with van der Waals surface area (Å²) in [6.45, 7) is 3.39. The molecule has 0 saturated carbocycles. The zero-order valence-electron chi connectivity index (χ0n) is 9.07. The van der Waals surface area contributed by atoms with E-state index in [1.54, 1.807) is 6.92 Å². The zero-order chi connectivity index (χ0) is 12.3. The molecule has 0 aromatic heterocycles. The fraction of sp³-hybridized carbons (Fsp3) is 0.273. The second kappa shape index (κ2) is 4.53. The van der Waals surface area contributed by atoms with Gasteiger partial charge in [-0.3, -0.25) is 0 Å². The number of rotatable bonds is 2. The molecular weight excluding hydrogens is 208 g/mol. The quantitative estimate of drug-likeness (QED) is 0.579. The average molecular weight is 220 g/mol. The molecule has 0 spiro atoms. The van der Waals surface area contributed by atoms with Crippen molar-refractivity contribution in [1.82, 2.24) is 0 Å². The minimum atomic E-state index is -0.667. The summed E-state index contributed by atoms with van der Waals surface area (Å²) < 4.78 is 4.75. The maximum Gasteiger partial charge on any atom is 0.341 e. The van der Waals surface area contributed by atoms with Crippen LogP contribution in [0.5, 0.6) is 5.75 Å². The monoisotopic (exact) mass is 220 g/mol. The van der Waals surface area contributed by atoms with Gasteiger partial charge in [0.05, 0.1) is 17.9 Å². The highest BCUT2D eigenvalue weighted by atomic mass is 16.5. The van der Waals surface area contributed by atoms with E-state index >= 15 is 0 Å². The Kier molecular flexibility index (Phi) is 3.36. The standard InChI is InChI=1S/C11H12N2O3/c1-3-16-11(15)8-4-7(5-12)9(13)6(2)10(8)14/h4,14H,3,13H2,1-2H3. The van der Waals surface area contributed by atoms with Crippen molar-refractivity contribution in [3.8, 4) is 11.8 Å². The summed E-state index contributed by atoms with van der Waals surface area (Å²) in [5.74, 6) is -0.908. The Morgan fingerprint density at radius 1 is 1.69 bits per heavy atom. The Bertz CT molecular complexity index is 475. The number of ether oxygens (including phenoxy) is 1. The number of nitriles is 1. The third-order valence-corrected chi connectivity index (χ3v) is 2.21. The summed E-state index contributed by atoms with van der Waals surface area (Å²) in [4.78, 5) is 11.5. The molecule has 0 heterocycles. The number of nitrogen functional groups attached to an aromatic ring is 1. The van der Waals surface area contributed by atoms with Crippen LogP contribution in [0.25, 0.3) is 0 Å². The number of carbonyl (C=O) groups excluding carboxylic acids is 1. The summed E-state index contributed by atoms with van der Waals surface area (Å²) in [5, 5.41) is 18.5. The lowest BCUT2D eigenvalue weighted by Crippen LogP contribution is -2.07. The molecule has 0 aliphatic rings. The molecule has 0 unspecified atom stereocenters. The van der Waals surface area contributed by atoms with Crippen molar-refractivity contribution in [2.45, 2.75) is 13.8 Å². The largest absolute Gasteiger partial charge is 0.507 e. The van der Waals surface area contributed by atoms with Crippen LogP contribution in [0.1, 0.15) is 28.4 Å². The number of esters is 1. The van der Waals surface area contributed by atoms with Crippen molar-refractivity contribution in [3.63, 3.8) is 0 Å². The Balaban J connectivity index is 3.37. The van der Waals surface area contributed by atoms with E-state index in [4.69, 9.17) is 15.7 Å². The lowest BCUT2D eigenvalue weighted by atomic mass is 10.0. The number of anilines is 1. The van der Waals surface area contributed by atoms with Gasteiger partial charge in [-0.15, -0.1) is 0 Å². The molecule has 0 fully saturated rings. The molecule has 0 radical (unpaired) electrons. The second-order valence-electron chi connectivity index (χ2n) is 3.19. The van der Waals surface area contributed by atoms with E-state index in [1.165, 1.54) is 13.0 Å². The number of benzene rings is 1. The number of nitrogens with zero attached hydrogens (tertiary/aromatic N) is 1. The maximum absolute atomic E-state index is 11.5. The smallest absolute Gasteiger partial charge is 0.341 e. The topological polar surface area (TPSA) is 96.3 Å². The van der Waals surface area contributed by atoms with E-state index in [-0.39, 0.29) is 29.2 Å². The van der Waals surface area contributed by atoms with E-state index in [0.29, 0.717) is 5.56 Å². The molecule has 0 saturated heterocycles. The molecule has 0 bridgehead atoms. The predicted molar refractivity (Wildman–Crippen MR) is 57.9 cm³/mol. The van der Waals surface area contributed by atoms with Gasteiger partial charge < -0.3 is 15.6 Å². The Morgan fingerprint density at radius 3 is 2.81 bits per heavy atom. The van der Waals surface area contributed by atoms with Crippen LogP contribution in [0.2, 0.25) is 0 Å². The molecule has 84 valence electrons. The molecule has 1 aromatic rings. The molecule has 5 heteroatoms. The molecular formula is C11H12N2O3. The molecule has 1 aromatic carbocycles. The first kappa shape index (κ1) is 11.9. The third kappa shape index (κ3) is 1.91. The number of carbonyl (C=O) groups is 1. The van der Waals surface area contributed by atoms with E-state index in [1.807, 2.05) is 6.07 Å². The van der Waals surface area contributed by atoms with Crippen LogP contribution in [-0.4, -0.2) is 17.7 Å². The fourth-order valence-electron chi connectivity index (χ4n) is 1.28. The third-order valence-electron chi connectivity index (χ3n) is 2.21. The molecule has 5 nitrogen and oxygen atoms in total. The van der Waals surface area contributed by atoms with Crippen LogP contribution in [-0.2, 0) is 4.74 Å². The van der Waals surface area contributed by atoms with Crippen molar-refractivity contribution in [2.75, 3.05) is 12.3 Å². The fourth-order valence-corrected chi connectivity index (χ4v) is 1.28. The van der Waals surface area contributed by atoms with Crippen molar-refractivity contribution in [1.29, 1.82) is 5.26 Å². The van der Waals surface area contributed by atoms with Crippen LogP contribution in [0.15, 0.2) is 6.07 Å². The summed E-state index contributed by atoms with van der Waals surface area (Å²) in [5.41, 5.74) is 6.20. The number of hydrogen-bond donors (Lipinski definition) is 2. The second-order valence-corrected chi connectivity index (χ2v) is 3.19. The van der Waals surface area contributed by atoms with Gasteiger partial charge in [-0.05, 0) is 19.9 Å². The molecule has 0 aliphatic carbocycles. The van der Waals surface area contributed by atoms with Gasteiger partial charge in [0, 0.05) is 5.56 Å². The lowest BCUT2D eigenvalue weighted by Gasteiger charge is -2.10. The SMILES string of the molecule is CCOC(=O)c1cc(C#N)c(N)c(C)c1O. The van der Waals surface area contributed by atoms with Gasteiger partial charge in [0.1, 0.15) is 17.4 Å². The number of nitrogens with two attached hydrogens (primary N) is 1. The van der Waals surface area contributed by atoms with Crippen LogP contribution >= 0.6 is 0 Å². The van der Waals surface area contributed by atoms with Crippen LogP contribution in [0.3, 0.4) is 0 Å². The number of phenols is 1. The van der Waals surface area contributed by atoms with Gasteiger partial charge in [-0.2, -0.15) is 5.26 Å². The molecule has 0 aliphatic heterocycles. The maximum atomic E-state index is 11.5. The van der Waals surface area contributed by atoms with Crippen molar-refractivity contribution in [3.05, 3.63) is 22.8 Å². The van der Waals surface area contributed by atoms with Gasteiger partial charge in [0.25, 0.3) is 0 Å². The number of phenolic OH excluding ortho intramolecular Hbond substituents is 1. The van der Waals surface area contributed by atoms with Gasteiger partial charge in [0.15, 0.2) is 0 Å². The van der Waals surface area contributed by atoms with Gasteiger partial charge in [-0.25, -0.2) is 4.79 Å². The van der Waals surface area contributed by atoms with Gasteiger partial charge in [0.2, 0.25) is 0 Å². The number of hydrogen-bond acceptors (Lipinski definition) is 5. The highest BCUT2D eigenvalue weighted by molar-refractivity contribution is 5.94. The highest BCUT2D eigenvalue weighted by Gasteiger charge is 2.18. The average Bonchev–Trinajstić information content (AvgIpc) is 2.27.